The highest BCUT2D eigenvalue weighted by atomic mass is 16.2. The van der Waals surface area contributed by atoms with Crippen LogP contribution in [0.4, 0.5) is 4.79 Å². The number of amides is 3. The predicted molar refractivity (Wildman–Crippen MR) is 116 cm³/mol. The summed E-state index contributed by atoms with van der Waals surface area (Å²) in [6, 6.07) is 21.5. The fourth-order valence-corrected chi connectivity index (χ4v) is 3.98. The summed E-state index contributed by atoms with van der Waals surface area (Å²) in [6.45, 7) is 8.53. The molecule has 4 rings (SSSR count). The van der Waals surface area contributed by atoms with Gasteiger partial charge in [0.1, 0.15) is 5.54 Å². The summed E-state index contributed by atoms with van der Waals surface area (Å²) in [5.41, 5.74) is 1.96. The first-order chi connectivity index (χ1) is 13.7. The average Bonchev–Trinajstić information content (AvgIpc) is 2.91. The van der Waals surface area contributed by atoms with Gasteiger partial charge in [-0.3, -0.25) is 9.69 Å². The molecule has 0 aliphatic carbocycles. The lowest BCUT2D eigenvalue weighted by Crippen LogP contribution is -2.41. The number of carbonyl (C=O) groups excluding carboxylic acids is 2. The molecule has 1 saturated heterocycles. The number of nitrogens with zero attached hydrogens (tertiary/aromatic N) is 1. The van der Waals surface area contributed by atoms with Crippen LogP contribution in [0.1, 0.15) is 44.4 Å². The predicted octanol–water partition coefficient (Wildman–Crippen LogP) is 5.10. The second kappa shape index (κ2) is 6.73. The summed E-state index contributed by atoms with van der Waals surface area (Å²) in [5, 5.41) is 4.95. The third-order valence-corrected chi connectivity index (χ3v) is 5.76. The van der Waals surface area contributed by atoms with Gasteiger partial charge in [-0.15, -0.1) is 0 Å². The van der Waals surface area contributed by atoms with E-state index in [2.05, 4.69) is 38.2 Å². The van der Waals surface area contributed by atoms with Crippen LogP contribution < -0.4 is 5.32 Å². The Bertz CT molecular complexity index is 1090. The van der Waals surface area contributed by atoms with E-state index in [1.807, 2.05) is 54.6 Å². The van der Waals surface area contributed by atoms with Gasteiger partial charge in [0.15, 0.2) is 0 Å². The average molecular weight is 386 g/mol. The molecule has 4 heteroatoms. The lowest BCUT2D eigenvalue weighted by atomic mass is 9.86. The summed E-state index contributed by atoms with van der Waals surface area (Å²) < 4.78 is 0. The lowest BCUT2D eigenvalue weighted by molar-refractivity contribution is -0.131. The molecule has 1 heterocycles. The van der Waals surface area contributed by atoms with E-state index in [9.17, 15) is 9.59 Å². The van der Waals surface area contributed by atoms with Crippen molar-refractivity contribution < 1.29 is 9.59 Å². The van der Waals surface area contributed by atoms with Crippen LogP contribution in [0.3, 0.4) is 0 Å². The van der Waals surface area contributed by atoms with Crippen molar-refractivity contribution in [1.29, 1.82) is 0 Å². The quantitative estimate of drug-likeness (QED) is 0.636. The molecule has 1 N–H and O–H groups in total. The van der Waals surface area contributed by atoms with Crippen molar-refractivity contribution in [3.63, 3.8) is 0 Å². The maximum Gasteiger partial charge on any atom is 0.325 e. The van der Waals surface area contributed by atoms with E-state index in [4.69, 9.17) is 0 Å². The molecule has 0 aromatic heterocycles. The molecule has 1 fully saturated rings. The normalized spacial score (nSPS) is 19.7. The van der Waals surface area contributed by atoms with Gasteiger partial charge in [0.2, 0.25) is 0 Å². The molecular weight excluding hydrogens is 360 g/mol. The number of imide groups is 1. The smallest absolute Gasteiger partial charge is 0.319 e. The number of urea groups is 1. The van der Waals surface area contributed by atoms with Gasteiger partial charge in [-0.1, -0.05) is 87.5 Å². The molecule has 4 nitrogen and oxygen atoms in total. The zero-order chi connectivity index (χ0) is 20.8. The molecule has 3 aromatic carbocycles. The maximum absolute atomic E-state index is 13.4. The number of nitrogens with one attached hydrogen (secondary N) is 1. The van der Waals surface area contributed by atoms with Crippen molar-refractivity contribution in [2.75, 3.05) is 0 Å². The summed E-state index contributed by atoms with van der Waals surface area (Å²) in [6.07, 6.45) is 0. The van der Waals surface area contributed by atoms with Gasteiger partial charge in [0.25, 0.3) is 5.91 Å². The van der Waals surface area contributed by atoms with E-state index in [-0.39, 0.29) is 23.9 Å². The van der Waals surface area contributed by atoms with Crippen LogP contribution in [0, 0.1) is 0 Å². The van der Waals surface area contributed by atoms with Gasteiger partial charge >= 0.3 is 6.03 Å². The topological polar surface area (TPSA) is 49.4 Å². The van der Waals surface area contributed by atoms with E-state index in [0.29, 0.717) is 0 Å². The molecule has 1 aliphatic rings. The molecule has 0 unspecified atom stereocenters. The minimum Gasteiger partial charge on any atom is -0.319 e. The third kappa shape index (κ3) is 3.29. The van der Waals surface area contributed by atoms with Crippen LogP contribution in [0.5, 0.6) is 0 Å². The first kappa shape index (κ1) is 19.2. The standard InChI is InChI=1S/C25H26N2O2/c1-24(2,3)19-14-12-17(13-15-19)16-27-22(28)25(4,26-23(27)29)21-11-7-9-18-8-5-6-10-20(18)21/h5-15H,16H2,1-4H3,(H,26,29)/t25-/m0/s1. The first-order valence-electron chi connectivity index (χ1n) is 9.92. The van der Waals surface area contributed by atoms with Crippen molar-refractivity contribution in [3.05, 3.63) is 83.4 Å². The molecular formula is C25H26N2O2. The molecule has 0 saturated carbocycles. The molecule has 148 valence electrons. The minimum absolute atomic E-state index is 0.0618. The highest BCUT2D eigenvalue weighted by Crippen LogP contribution is 2.34. The Morgan fingerprint density at radius 2 is 1.55 bits per heavy atom. The van der Waals surface area contributed by atoms with E-state index in [0.717, 1.165) is 21.9 Å². The third-order valence-electron chi connectivity index (χ3n) is 5.76. The zero-order valence-electron chi connectivity index (χ0n) is 17.3. The SMILES string of the molecule is CC(C)(C)c1ccc(CN2C(=O)N[C@@](C)(c3cccc4ccccc34)C2=O)cc1. The van der Waals surface area contributed by atoms with Crippen molar-refractivity contribution in [1.82, 2.24) is 10.2 Å². The van der Waals surface area contributed by atoms with Crippen LogP contribution in [-0.2, 0) is 22.3 Å². The van der Waals surface area contributed by atoms with Gasteiger partial charge < -0.3 is 5.32 Å². The lowest BCUT2D eigenvalue weighted by Gasteiger charge is -2.24. The van der Waals surface area contributed by atoms with Crippen LogP contribution in [0.15, 0.2) is 66.7 Å². The Morgan fingerprint density at radius 1 is 0.897 bits per heavy atom. The monoisotopic (exact) mass is 386 g/mol. The van der Waals surface area contributed by atoms with Crippen LogP contribution in [0.2, 0.25) is 0 Å². The molecule has 1 aliphatic heterocycles. The Balaban J connectivity index is 1.65. The number of benzene rings is 3. The second-order valence-corrected chi connectivity index (χ2v) is 8.92. The summed E-state index contributed by atoms with van der Waals surface area (Å²) >= 11 is 0. The molecule has 29 heavy (non-hydrogen) atoms. The van der Waals surface area contributed by atoms with Gasteiger partial charge in [-0.2, -0.15) is 0 Å². The number of fused-ring (bicyclic) bond motifs is 1. The van der Waals surface area contributed by atoms with E-state index in [1.54, 1.807) is 6.92 Å². The van der Waals surface area contributed by atoms with Crippen LogP contribution >= 0.6 is 0 Å². The molecule has 0 radical (unpaired) electrons. The Hall–Kier alpha value is -3.14. The number of carbonyl (C=O) groups is 2. The highest BCUT2D eigenvalue weighted by molar-refractivity contribution is 6.09. The van der Waals surface area contributed by atoms with Crippen molar-refractivity contribution in [2.24, 2.45) is 0 Å². The van der Waals surface area contributed by atoms with E-state index in [1.165, 1.54) is 10.5 Å². The zero-order valence-corrected chi connectivity index (χ0v) is 17.3. The van der Waals surface area contributed by atoms with Crippen LogP contribution in [-0.4, -0.2) is 16.8 Å². The molecule has 0 spiro atoms. The van der Waals surface area contributed by atoms with Crippen molar-refractivity contribution in [2.45, 2.75) is 45.2 Å². The van der Waals surface area contributed by atoms with Gasteiger partial charge in [0, 0.05) is 0 Å². The first-order valence-corrected chi connectivity index (χ1v) is 9.92. The number of hydrogen-bond acceptors (Lipinski definition) is 2. The van der Waals surface area contributed by atoms with Gasteiger partial charge in [-0.25, -0.2) is 4.79 Å². The molecule has 3 aromatic rings. The van der Waals surface area contributed by atoms with Crippen molar-refractivity contribution >= 4 is 22.7 Å². The fourth-order valence-electron chi connectivity index (χ4n) is 3.98. The number of hydrogen-bond donors (Lipinski definition) is 1. The fraction of sp³-hybridized carbons (Fsp3) is 0.280. The van der Waals surface area contributed by atoms with E-state index < -0.39 is 5.54 Å². The number of rotatable bonds is 3. The maximum atomic E-state index is 13.4. The highest BCUT2D eigenvalue weighted by Gasteiger charge is 2.49. The molecule has 3 amide bonds. The Kier molecular flexibility index (Phi) is 4.45. The van der Waals surface area contributed by atoms with Crippen molar-refractivity contribution in [3.8, 4) is 0 Å². The summed E-state index contributed by atoms with van der Waals surface area (Å²) in [4.78, 5) is 27.4. The van der Waals surface area contributed by atoms with Gasteiger partial charge in [-0.05, 0) is 39.8 Å². The Labute approximate surface area is 171 Å². The largest absolute Gasteiger partial charge is 0.325 e. The molecule has 1 atom stereocenters. The summed E-state index contributed by atoms with van der Waals surface area (Å²) in [7, 11) is 0. The van der Waals surface area contributed by atoms with Crippen LogP contribution in [0.25, 0.3) is 10.8 Å². The second-order valence-electron chi connectivity index (χ2n) is 8.92. The Morgan fingerprint density at radius 3 is 2.24 bits per heavy atom. The molecule has 0 bridgehead atoms. The minimum atomic E-state index is -1.08. The van der Waals surface area contributed by atoms with Gasteiger partial charge in [0.05, 0.1) is 6.54 Å². The van der Waals surface area contributed by atoms with E-state index >= 15 is 0 Å². The summed E-state index contributed by atoms with van der Waals surface area (Å²) in [5.74, 6) is -0.223.